The number of benzene rings is 2. The average Bonchev–Trinajstić information content (AvgIpc) is 3.04. The Morgan fingerprint density at radius 3 is 2.35 bits per heavy atom. The lowest BCUT2D eigenvalue weighted by molar-refractivity contribution is -0.166. The van der Waals surface area contributed by atoms with Gasteiger partial charge in [0.05, 0.1) is 17.2 Å². The molecule has 12 heteroatoms. The number of alkyl halides is 3. The number of carboxylic acids is 1. The van der Waals surface area contributed by atoms with E-state index in [1.165, 1.54) is 30.3 Å². The second kappa shape index (κ2) is 14.0. The summed E-state index contributed by atoms with van der Waals surface area (Å²) in [7, 11) is 0. The van der Waals surface area contributed by atoms with Crippen molar-refractivity contribution < 1.29 is 42.5 Å². The molecule has 0 radical (unpaired) electrons. The third-order valence-corrected chi connectivity index (χ3v) is 9.74. The number of nitrogens with one attached hydrogen (secondary N) is 1. The Morgan fingerprint density at radius 1 is 1.07 bits per heavy atom. The van der Waals surface area contributed by atoms with Gasteiger partial charge in [-0.3, -0.25) is 14.5 Å². The van der Waals surface area contributed by atoms with Gasteiger partial charge in [-0.15, -0.1) is 0 Å². The fourth-order valence-corrected chi connectivity index (χ4v) is 7.07. The summed E-state index contributed by atoms with van der Waals surface area (Å²) in [5.74, 6) is -2.01. The van der Waals surface area contributed by atoms with Crippen LogP contribution in [-0.4, -0.2) is 75.1 Å². The second-order valence-corrected chi connectivity index (χ2v) is 12.8. The molecule has 0 bridgehead atoms. The Labute approximate surface area is 266 Å². The van der Waals surface area contributed by atoms with Crippen LogP contribution in [0.25, 0.3) is 0 Å². The molecule has 2 aromatic carbocycles. The van der Waals surface area contributed by atoms with Crippen LogP contribution in [0.2, 0.25) is 0 Å². The summed E-state index contributed by atoms with van der Waals surface area (Å²) in [4.78, 5) is 42.3. The van der Waals surface area contributed by atoms with Crippen molar-refractivity contribution in [2.75, 3.05) is 19.6 Å². The van der Waals surface area contributed by atoms with E-state index in [0.717, 1.165) is 51.0 Å². The number of piperazine rings is 1. The Kier molecular flexibility index (Phi) is 10.3. The molecule has 1 spiro atoms. The minimum Gasteiger partial charge on any atom is -0.478 e. The first-order valence-corrected chi connectivity index (χ1v) is 16.2. The maximum atomic E-state index is 14.1. The number of hydrogen-bond donors (Lipinski definition) is 3. The number of carboxylic acid groups (broad SMARTS) is 1. The van der Waals surface area contributed by atoms with Crippen molar-refractivity contribution in [3.8, 4) is 11.5 Å². The molecule has 1 aliphatic carbocycles. The number of nitrogens with zero attached hydrogens (tertiary/aromatic N) is 2. The Balaban J connectivity index is 1.28. The van der Waals surface area contributed by atoms with Gasteiger partial charge in [-0.25, -0.2) is 4.79 Å². The maximum Gasteiger partial charge on any atom is 0.419 e. The first kappa shape index (κ1) is 33.7. The first-order valence-electron chi connectivity index (χ1n) is 16.2. The third-order valence-electron chi connectivity index (χ3n) is 9.74. The lowest BCUT2D eigenvalue weighted by atomic mass is 9.78. The standard InChI is InChI=1S/C34H42F3N3O6/c1-2-3-17-40-30(42)28(29(41)23-7-5-4-6-8-23)38-32(45)33(40)15-18-39(19-16-33)21-22-9-14-27(26(20-22)34(35,36)37)46-25-12-10-24(11-13-25)31(43)44/h9-14,20,23,28-29,41H,2-8,15-19,21H2,1H3,(H,38,45)(H,43,44)/t28-,29-/m1/s1. The van der Waals surface area contributed by atoms with Crippen molar-refractivity contribution in [2.45, 2.75) is 95.1 Å². The summed E-state index contributed by atoms with van der Waals surface area (Å²) < 4.78 is 47.7. The van der Waals surface area contributed by atoms with E-state index in [4.69, 9.17) is 9.84 Å². The maximum absolute atomic E-state index is 14.1. The summed E-state index contributed by atoms with van der Waals surface area (Å²) >= 11 is 0. The van der Waals surface area contributed by atoms with Crippen molar-refractivity contribution in [1.29, 1.82) is 0 Å². The molecule has 250 valence electrons. The molecule has 3 aliphatic rings. The van der Waals surface area contributed by atoms with Crippen LogP contribution in [0.3, 0.4) is 0 Å². The number of aliphatic hydroxyl groups excluding tert-OH is 1. The van der Waals surface area contributed by atoms with Crippen molar-refractivity contribution in [3.63, 3.8) is 0 Å². The Morgan fingerprint density at radius 2 is 1.74 bits per heavy atom. The summed E-state index contributed by atoms with van der Waals surface area (Å²) in [6, 6.07) is 8.01. The highest BCUT2D eigenvalue weighted by Gasteiger charge is 2.55. The van der Waals surface area contributed by atoms with Crippen molar-refractivity contribution in [2.24, 2.45) is 5.92 Å². The quantitative estimate of drug-likeness (QED) is 0.308. The normalized spacial score (nSPS) is 21.7. The minimum atomic E-state index is -4.70. The van der Waals surface area contributed by atoms with Crippen LogP contribution >= 0.6 is 0 Å². The Bertz CT molecular complexity index is 1400. The topological polar surface area (TPSA) is 119 Å². The molecular weight excluding hydrogens is 603 g/mol. The van der Waals surface area contributed by atoms with Crippen LogP contribution in [0.4, 0.5) is 13.2 Å². The van der Waals surface area contributed by atoms with E-state index in [2.05, 4.69) is 5.32 Å². The highest BCUT2D eigenvalue weighted by molar-refractivity contribution is 6.00. The predicted octanol–water partition coefficient (Wildman–Crippen LogP) is 5.60. The van der Waals surface area contributed by atoms with Gasteiger partial charge < -0.3 is 25.2 Å². The number of unbranched alkanes of at least 4 members (excludes halogenated alkanes) is 1. The monoisotopic (exact) mass is 645 g/mol. The molecule has 5 rings (SSSR count). The van der Waals surface area contributed by atoms with Gasteiger partial charge in [-0.1, -0.05) is 38.7 Å². The number of halogens is 3. The summed E-state index contributed by atoms with van der Waals surface area (Å²) in [5.41, 5.74) is -1.61. The molecule has 3 N–H and O–H groups in total. The number of carbonyl (C=O) groups is 3. The molecule has 0 unspecified atom stereocenters. The van der Waals surface area contributed by atoms with E-state index in [1.54, 1.807) is 11.0 Å². The van der Waals surface area contributed by atoms with Crippen molar-refractivity contribution in [3.05, 3.63) is 59.2 Å². The molecule has 0 aromatic heterocycles. The molecule has 2 aliphatic heterocycles. The third kappa shape index (κ3) is 7.17. The van der Waals surface area contributed by atoms with Crippen molar-refractivity contribution >= 4 is 17.8 Å². The SMILES string of the molecule is CCCCN1C(=O)[C@@H]([C@H](O)C2CCCCC2)NC(=O)C12CCN(Cc1ccc(Oc3ccc(C(=O)O)cc3)c(C(F)(F)F)c1)CC2. The van der Waals surface area contributed by atoms with Gasteiger partial charge in [0.2, 0.25) is 11.8 Å². The molecule has 2 heterocycles. The zero-order valence-corrected chi connectivity index (χ0v) is 26.0. The highest BCUT2D eigenvalue weighted by Crippen LogP contribution is 2.40. The van der Waals surface area contributed by atoms with Crippen LogP contribution in [0.1, 0.15) is 86.2 Å². The molecule has 9 nitrogen and oxygen atoms in total. The summed E-state index contributed by atoms with van der Waals surface area (Å²) in [6.07, 6.45) is 1.36. The van der Waals surface area contributed by atoms with E-state index < -0.39 is 41.1 Å². The Hall–Kier alpha value is -3.64. The number of amides is 2. The lowest BCUT2D eigenvalue weighted by Gasteiger charge is -2.52. The largest absolute Gasteiger partial charge is 0.478 e. The number of carbonyl (C=O) groups excluding carboxylic acids is 2. The van der Waals surface area contributed by atoms with Gasteiger partial charge in [-0.05, 0) is 80.0 Å². The number of hydrogen-bond acceptors (Lipinski definition) is 6. The van der Waals surface area contributed by atoms with E-state index in [1.807, 2.05) is 11.8 Å². The first-order chi connectivity index (χ1) is 21.9. The fraction of sp³-hybridized carbons (Fsp3) is 0.559. The molecule has 2 amide bonds. The van der Waals surface area contributed by atoms with Crippen molar-refractivity contribution in [1.82, 2.24) is 15.1 Å². The average molecular weight is 646 g/mol. The molecule has 2 atom stereocenters. The molecule has 2 saturated heterocycles. The number of rotatable bonds is 10. The summed E-state index contributed by atoms with van der Waals surface area (Å²) in [5, 5.41) is 23.1. The smallest absolute Gasteiger partial charge is 0.419 e. The van der Waals surface area contributed by atoms with E-state index in [-0.39, 0.29) is 35.6 Å². The van der Waals surface area contributed by atoms with E-state index in [9.17, 15) is 32.7 Å². The van der Waals surface area contributed by atoms with E-state index in [0.29, 0.717) is 38.0 Å². The van der Waals surface area contributed by atoms with Gasteiger partial charge in [-0.2, -0.15) is 13.2 Å². The van der Waals surface area contributed by atoms with Gasteiger partial charge in [0.1, 0.15) is 23.1 Å². The molecule has 3 fully saturated rings. The highest BCUT2D eigenvalue weighted by atomic mass is 19.4. The summed E-state index contributed by atoms with van der Waals surface area (Å²) in [6.45, 7) is 3.43. The number of likely N-dealkylation sites (tertiary alicyclic amines) is 1. The van der Waals surface area contributed by atoms with Gasteiger partial charge in [0.15, 0.2) is 0 Å². The minimum absolute atomic E-state index is 0.0116. The van der Waals surface area contributed by atoms with Gasteiger partial charge in [0, 0.05) is 26.2 Å². The molecule has 1 saturated carbocycles. The van der Waals surface area contributed by atoms with Gasteiger partial charge in [0.25, 0.3) is 0 Å². The molecule has 2 aromatic rings. The van der Waals surface area contributed by atoms with Crippen LogP contribution in [-0.2, 0) is 22.3 Å². The van der Waals surface area contributed by atoms with Crippen LogP contribution in [0.15, 0.2) is 42.5 Å². The number of aromatic carboxylic acids is 1. The zero-order chi connectivity index (χ0) is 33.1. The van der Waals surface area contributed by atoms with Gasteiger partial charge >= 0.3 is 12.1 Å². The fourth-order valence-electron chi connectivity index (χ4n) is 7.07. The van der Waals surface area contributed by atoms with Crippen LogP contribution in [0.5, 0.6) is 11.5 Å². The lowest BCUT2D eigenvalue weighted by Crippen LogP contribution is -2.75. The van der Waals surface area contributed by atoms with E-state index >= 15 is 0 Å². The van der Waals surface area contributed by atoms with Crippen LogP contribution in [0, 0.1) is 5.92 Å². The molecule has 46 heavy (non-hydrogen) atoms. The number of aliphatic hydroxyl groups is 1. The predicted molar refractivity (Wildman–Crippen MR) is 163 cm³/mol. The zero-order valence-electron chi connectivity index (χ0n) is 26.0. The molecular formula is C34H42F3N3O6. The number of piperidine rings is 1. The van der Waals surface area contributed by atoms with Crippen LogP contribution < -0.4 is 10.1 Å². The number of ether oxygens (including phenoxy) is 1. The second-order valence-electron chi connectivity index (χ2n) is 12.8.